The molecule has 0 saturated carbocycles. The molecule has 0 aromatic rings. The van der Waals surface area contributed by atoms with E-state index in [4.69, 9.17) is 0 Å². The molecule has 0 bridgehead atoms. The molecule has 0 spiro atoms. The molecule has 1 aliphatic rings. The summed E-state index contributed by atoms with van der Waals surface area (Å²) in [6.45, 7) is 11.4. The lowest BCUT2D eigenvalue weighted by atomic mass is 9.94. The molecule has 0 amide bonds. The summed E-state index contributed by atoms with van der Waals surface area (Å²) in [6, 6.07) is 0. The van der Waals surface area contributed by atoms with Crippen LogP contribution in [0.15, 0.2) is 60.8 Å². The summed E-state index contributed by atoms with van der Waals surface area (Å²) in [5, 5.41) is 0. The zero-order chi connectivity index (χ0) is 8.27. The molecule has 0 aromatic heterocycles. The monoisotopic (exact) mass is 144 g/mol. The van der Waals surface area contributed by atoms with E-state index >= 15 is 0 Å². The van der Waals surface area contributed by atoms with Crippen molar-refractivity contribution >= 4 is 0 Å². The lowest BCUT2D eigenvalue weighted by molar-refractivity contribution is 1.21. The molecule has 0 heteroatoms. The van der Waals surface area contributed by atoms with Gasteiger partial charge in [0.2, 0.25) is 0 Å². The van der Waals surface area contributed by atoms with E-state index in [0.29, 0.717) is 0 Å². The van der Waals surface area contributed by atoms with Crippen LogP contribution in [0.5, 0.6) is 0 Å². The van der Waals surface area contributed by atoms with Gasteiger partial charge in [-0.25, -0.2) is 0 Å². The summed E-state index contributed by atoms with van der Waals surface area (Å²) < 4.78 is 0. The third-order valence-electron chi connectivity index (χ3n) is 1.80. The summed E-state index contributed by atoms with van der Waals surface area (Å²) in [6.07, 6.45) is 8.76. The van der Waals surface area contributed by atoms with Crippen molar-refractivity contribution in [2.75, 3.05) is 0 Å². The first kappa shape index (κ1) is 7.80. The van der Waals surface area contributed by atoms with Crippen molar-refractivity contribution in [1.29, 1.82) is 0 Å². The summed E-state index contributed by atoms with van der Waals surface area (Å²) in [5.41, 5.74) is 3.37. The lowest BCUT2D eigenvalue weighted by Crippen LogP contribution is -1.92. The van der Waals surface area contributed by atoms with Gasteiger partial charge in [0.1, 0.15) is 0 Å². The number of rotatable bonds is 2. The predicted molar refractivity (Wildman–Crippen MR) is 50.3 cm³/mol. The second-order valence-electron chi connectivity index (χ2n) is 2.48. The van der Waals surface area contributed by atoms with Crippen molar-refractivity contribution in [3.63, 3.8) is 0 Å². The van der Waals surface area contributed by atoms with Gasteiger partial charge in [0, 0.05) is 0 Å². The maximum Gasteiger partial charge on any atom is -0.00882 e. The first-order chi connectivity index (χ1) is 5.29. The Balaban J connectivity index is 3.08. The normalized spacial score (nSPS) is 16.9. The smallest absolute Gasteiger partial charge is 0.00882 e. The van der Waals surface area contributed by atoms with Gasteiger partial charge in [0.15, 0.2) is 0 Å². The highest BCUT2D eigenvalue weighted by Crippen LogP contribution is 2.24. The molecule has 0 aromatic carbocycles. The lowest BCUT2D eigenvalue weighted by Gasteiger charge is -2.11. The highest BCUT2D eigenvalue weighted by molar-refractivity contribution is 5.53. The van der Waals surface area contributed by atoms with Crippen LogP contribution < -0.4 is 0 Å². The number of hydrogen-bond donors (Lipinski definition) is 0. The van der Waals surface area contributed by atoms with Crippen LogP contribution in [-0.4, -0.2) is 0 Å². The fourth-order valence-corrected chi connectivity index (χ4v) is 1.19. The third kappa shape index (κ3) is 1.40. The molecule has 56 valence electrons. The summed E-state index contributed by atoms with van der Waals surface area (Å²) in [4.78, 5) is 0. The van der Waals surface area contributed by atoms with Gasteiger partial charge >= 0.3 is 0 Å². The van der Waals surface area contributed by atoms with E-state index in [2.05, 4.69) is 25.8 Å². The second kappa shape index (κ2) is 3.20. The summed E-state index contributed by atoms with van der Waals surface area (Å²) in [5.74, 6) is 0. The van der Waals surface area contributed by atoms with Crippen molar-refractivity contribution in [2.24, 2.45) is 0 Å². The summed E-state index contributed by atoms with van der Waals surface area (Å²) in [7, 11) is 0. The molecule has 0 nitrogen and oxygen atoms in total. The molecular formula is C11H12. The van der Waals surface area contributed by atoms with Crippen molar-refractivity contribution in [2.45, 2.75) is 6.42 Å². The maximum atomic E-state index is 3.90. The molecule has 0 saturated heterocycles. The van der Waals surface area contributed by atoms with Gasteiger partial charge in [0.25, 0.3) is 0 Å². The molecule has 0 fully saturated rings. The molecule has 0 N–H and O–H groups in total. The van der Waals surface area contributed by atoms with E-state index < -0.39 is 0 Å². The van der Waals surface area contributed by atoms with Gasteiger partial charge in [-0.1, -0.05) is 44.0 Å². The highest BCUT2D eigenvalue weighted by atomic mass is 14.1. The molecule has 0 radical (unpaired) electrons. The Morgan fingerprint density at radius 2 is 2.00 bits per heavy atom. The molecule has 0 atom stereocenters. The second-order valence-corrected chi connectivity index (χ2v) is 2.48. The van der Waals surface area contributed by atoms with Crippen molar-refractivity contribution in [1.82, 2.24) is 0 Å². The van der Waals surface area contributed by atoms with E-state index in [1.807, 2.05) is 18.2 Å². The van der Waals surface area contributed by atoms with E-state index in [0.717, 1.165) is 17.6 Å². The molecule has 0 heterocycles. The molecule has 0 unspecified atom stereocenters. The summed E-state index contributed by atoms with van der Waals surface area (Å²) >= 11 is 0. The van der Waals surface area contributed by atoms with Gasteiger partial charge in [0.05, 0.1) is 0 Å². The van der Waals surface area contributed by atoms with Gasteiger partial charge in [-0.3, -0.25) is 0 Å². The fraction of sp³-hybridized carbons (Fsp3) is 0.0909. The Hall–Kier alpha value is -1.30. The zero-order valence-electron chi connectivity index (χ0n) is 6.64. The van der Waals surface area contributed by atoms with Crippen LogP contribution in [-0.2, 0) is 0 Å². The van der Waals surface area contributed by atoms with E-state index in [-0.39, 0.29) is 0 Å². The van der Waals surface area contributed by atoms with Crippen LogP contribution in [0.3, 0.4) is 0 Å². The first-order valence-corrected chi connectivity index (χ1v) is 3.63. The minimum Gasteiger partial charge on any atom is -0.0988 e. The average Bonchev–Trinajstić information content (AvgIpc) is 2.04. The highest BCUT2D eigenvalue weighted by Gasteiger charge is 2.05. The zero-order valence-corrected chi connectivity index (χ0v) is 6.64. The van der Waals surface area contributed by atoms with Crippen LogP contribution in [0.4, 0.5) is 0 Å². The van der Waals surface area contributed by atoms with E-state index in [1.165, 1.54) is 5.57 Å². The fourth-order valence-electron chi connectivity index (χ4n) is 1.19. The Kier molecular flexibility index (Phi) is 2.27. The SMILES string of the molecule is C=CC1=C(C=C)C(=C)C=CC1. The minimum atomic E-state index is 0.948. The quantitative estimate of drug-likeness (QED) is 0.558. The molecule has 1 aliphatic carbocycles. The largest absolute Gasteiger partial charge is 0.0988 e. The van der Waals surface area contributed by atoms with Crippen molar-refractivity contribution in [3.05, 3.63) is 60.8 Å². The van der Waals surface area contributed by atoms with Gasteiger partial charge in [-0.15, -0.1) is 0 Å². The Morgan fingerprint density at radius 1 is 1.27 bits per heavy atom. The van der Waals surface area contributed by atoms with Crippen molar-refractivity contribution < 1.29 is 0 Å². The van der Waals surface area contributed by atoms with Gasteiger partial charge in [-0.05, 0) is 23.1 Å². The first-order valence-electron chi connectivity index (χ1n) is 3.63. The Bertz CT molecular complexity index is 262. The van der Waals surface area contributed by atoms with Crippen LogP contribution in [0, 0.1) is 0 Å². The average molecular weight is 144 g/mol. The third-order valence-corrected chi connectivity index (χ3v) is 1.80. The van der Waals surface area contributed by atoms with Crippen LogP contribution >= 0.6 is 0 Å². The Labute approximate surface area is 67.9 Å². The van der Waals surface area contributed by atoms with Crippen molar-refractivity contribution in [3.8, 4) is 0 Å². The van der Waals surface area contributed by atoms with E-state index in [1.54, 1.807) is 0 Å². The van der Waals surface area contributed by atoms with Crippen LogP contribution in [0.1, 0.15) is 6.42 Å². The van der Waals surface area contributed by atoms with Gasteiger partial charge < -0.3 is 0 Å². The molecular weight excluding hydrogens is 132 g/mol. The molecule has 11 heavy (non-hydrogen) atoms. The number of allylic oxidation sites excluding steroid dienone is 7. The standard InChI is InChI=1S/C11H12/c1-4-10-8-6-7-9(3)11(10)5-2/h4-7H,1-3,8H2. The van der Waals surface area contributed by atoms with Gasteiger partial charge in [-0.2, -0.15) is 0 Å². The topological polar surface area (TPSA) is 0 Å². The maximum absolute atomic E-state index is 3.90. The predicted octanol–water partition coefficient (Wildman–Crippen LogP) is 3.17. The number of hydrogen-bond acceptors (Lipinski definition) is 0. The van der Waals surface area contributed by atoms with Crippen LogP contribution in [0.25, 0.3) is 0 Å². The Morgan fingerprint density at radius 3 is 2.45 bits per heavy atom. The van der Waals surface area contributed by atoms with Crippen LogP contribution in [0.2, 0.25) is 0 Å². The minimum absolute atomic E-state index is 0.948. The van der Waals surface area contributed by atoms with E-state index in [9.17, 15) is 0 Å². The molecule has 0 aliphatic heterocycles. The molecule has 1 rings (SSSR count).